The Kier molecular flexibility index (Phi) is 4.07. The maximum atomic E-state index is 5.64. The molecule has 1 N–H and O–H groups in total. The van der Waals surface area contributed by atoms with E-state index < -0.39 is 0 Å². The normalized spacial score (nSPS) is 16.6. The first kappa shape index (κ1) is 13.1. The zero-order valence-electron chi connectivity index (χ0n) is 11.8. The standard InChI is InChI=1S/C14H23N3O/c1-10-12(11(2)17(4)16-10)7-8-13(15-3)14-6-5-9-18-14/h6,13,15H,5,7-9H2,1-4H3. The summed E-state index contributed by atoms with van der Waals surface area (Å²) in [7, 11) is 4.00. The summed E-state index contributed by atoms with van der Waals surface area (Å²) < 4.78 is 7.60. The van der Waals surface area contributed by atoms with Crippen molar-refractivity contribution in [2.24, 2.45) is 7.05 Å². The molecule has 1 unspecified atom stereocenters. The van der Waals surface area contributed by atoms with Crippen molar-refractivity contribution >= 4 is 0 Å². The summed E-state index contributed by atoms with van der Waals surface area (Å²) in [5, 5.41) is 7.80. The first-order valence-corrected chi connectivity index (χ1v) is 6.62. The molecule has 0 radical (unpaired) electrons. The zero-order valence-corrected chi connectivity index (χ0v) is 11.8. The Morgan fingerprint density at radius 1 is 1.50 bits per heavy atom. The molecule has 1 aromatic heterocycles. The highest BCUT2D eigenvalue weighted by molar-refractivity contribution is 5.25. The quantitative estimate of drug-likeness (QED) is 0.865. The van der Waals surface area contributed by atoms with E-state index in [2.05, 4.69) is 30.3 Å². The van der Waals surface area contributed by atoms with Gasteiger partial charge < -0.3 is 10.1 Å². The van der Waals surface area contributed by atoms with Gasteiger partial charge in [-0.1, -0.05) is 0 Å². The van der Waals surface area contributed by atoms with Crippen LogP contribution < -0.4 is 5.32 Å². The molecule has 2 rings (SSSR count). The third-order valence-corrected chi connectivity index (χ3v) is 3.77. The SMILES string of the molecule is CNC(CCc1c(C)nn(C)c1C)C1=CCCO1. The highest BCUT2D eigenvalue weighted by Crippen LogP contribution is 2.20. The van der Waals surface area contributed by atoms with Gasteiger partial charge in [0, 0.05) is 19.2 Å². The lowest BCUT2D eigenvalue weighted by Crippen LogP contribution is -2.28. The third-order valence-electron chi connectivity index (χ3n) is 3.77. The number of aromatic nitrogens is 2. The minimum Gasteiger partial charge on any atom is -0.496 e. The summed E-state index contributed by atoms with van der Waals surface area (Å²) in [5.41, 5.74) is 3.78. The molecule has 0 saturated carbocycles. The van der Waals surface area contributed by atoms with Crippen molar-refractivity contribution in [3.63, 3.8) is 0 Å². The van der Waals surface area contributed by atoms with E-state index in [1.54, 1.807) is 0 Å². The molecule has 0 spiro atoms. The Labute approximate surface area is 109 Å². The van der Waals surface area contributed by atoms with Gasteiger partial charge in [-0.3, -0.25) is 4.68 Å². The number of hydrogen-bond donors (Lipinski definition) is 1. The van der Waals surface area contributed by atoms with E-state index in [-0.39, 0.29) is 0 Å². The topological polar surface area (TPSA) is 39.1 Å². The van der Waals surface area contributed by atoms with Crippen LogP contribution >= 0.6 is 0 Å². The van der Waals surface area contributed by atoms with E-state index in [0.717, 1.165) is 37.3 Å². The van der Waals surface area contributed by atoms with Crippen LogP contribution in [0.4, 0.5) is 0 Å². The second-order valence-electron chi connectivity index (χ2n) is 4.90. The molecular formula is C14H23N3O. The monoisotopic (exact) mass is 249 g/mol. The second kappa shape index (κ2) is 5.57. The van der Waals surface area contributed by atoms with Gasteiger partial charge in [0.25, 0.3) is 0 Å². The minimum atomic E-state index is 0.325. The predicted molar refractivity (Wildman–Crippen MR) is 72.5 cm³/mol. The number of ether oxygens (including phenoxy) is 1. The van der Waals surface area contributed by atoms with Crippen LogP contribution in [0.25, 0.3) is 0 Å². The average molecular weight is 249 g/mol. The highest BCUT2D eigenvalue weighted by Gasteiger charge is 2.18. The fraction of sp³-hybridized carbons (Fsp3) is 0.643. The van der Waals surface area contributed by atoms with Gasteiger partial charge in [-0.05, 0) is 45.4 Å². The number of aryl methyl sites for hydroxylation is 2. The van der Waals surface area contributed by atoms with Gasteiger partial charge in [0.1, 0.15) is 5.76 Å². The summed E-state index contributed by atoms with van der Waals surface area (Å²) in [6, 6.07) is 0.325. The van der Waals surface area contributed by atoms with Gasteiger partial charge in [0.2, 0.25) is 0 Å². The van der Waals surface area contributed by atoms with Gasteiger partial charge in [-0.25, -0.2) is 0 Å². The Bertz CT molecular complexity index is 448. The summed E-state index contributed by atoms with van der Waals surface area (Å²) >= 11 is 0. The van der Waals surface area contributed by atoms with Crippen LogP contribution in [0, 0.1) is 13.8 Å². The first-order valence-electron chi connectivity index (χ1n) is 6.62. The van der Waals surface area contributed by atoms with E-state index in [0.29, 0.717) is 6.04 Å². The molecule has 0 aromatic carbocycles. The van der Waals surface area contributed by atoms with E-state index in [9.17, 15) is 0 Å². The Morgan fingerprint density at radius 2 is 2.28 bits per heavy atom. The van der Waals surface area contributed by atoms with Gasteiger partial charge in [0.05, 0.1) is 18.3 Å². The molecule has 1 aromatic rings. The summed E-state index contributed by atoms with van der Waals surface area (Å²) in [4.78, 5) is 0. The van der Waals surface area contributed by atoms with E-state index in [1.807, 2.05) is 18.8 Å². The van der Waals surface area contributed by atoms with Crippen molar-refractivity contribution in [1.29, 1.82) is 0 Å². The molecule has 18 heavy (non-hydrogen) atoms. The van der Waals surface area contributed by atoms with Crippen LogP contribution in [0.3, 0.4) is 0 Å². The fourth-order valence-electron chi connectivity index (χ4n) is 2.58. The van der Waals surface area contributed by atoms with Crippen molar-refractivity contribution in [1.82, 2.24) is 15.1 Å². The maximum Gasteiger partial charge on any atom is 0.109 e. The molecule has 1 atom stereocenters. The summed E-state index contributed by atoms with van der Waals surface area (Å²) in [5.74, 6) is 1.11. The molecule has 100 valence electrons. The van der Waals surface area contributed by atoms with Crippen molar-refractivity contribution in [2.45, 2.75) is 39.2 Å². The molecule has 1 aliphatic heterocycles. The van der Waals surface area contributed by atoms with Crippen LogP contribution in [0.1, 0.15) is 29.8 Å². The van der Waals surface area contributed by atoms with Gasteiger partial charge in [0.15, 0.2) is 0 Å². The molecule has 0 aliphatic carbocycles. The van der Waals surface area contributed by atoms with Crippen molar-refractivity contribution in [3.05, 3.63) is 28.8 Å². The minimum absolute atomic E-state index is 0.325. The molecule has 0 saturated heterocycles. The zero-order chi connectivity index (χ0) is 13.1. The largest absolute Gasteiger partial charge is 0.496 e. The number of hydrogen-bond acceptors (Lipinski definition) is 3. The molecule has 0 fully saturated rings. The van der Waals surface area contributed by atoms with Gasteiger partial charge in [-0.15, -0.1) is 0 Å². The Balaban J connectivity index is 2.01. The van der Waals surface area contributed by atoms with Crippen LogP contribution in [-0.2, 0) is 18.2 Å². The molecular weight excluding hydrogens is 226 g/mol. The molecule has 2 heterocycles. The highest BCUT2D eigenvalue weighted by atomic mass is 16.5. The van der Waals surface area contributed by atoms with Crippen LogP contribution in [0.5, 0.6) is 0 Å². The smallest absolute Gasteiger partial charge is 0.109 e. The maximum absolute atomic E-state index is 5.64. The second-order valence-corrected chi connectivity index (χ2v) is 4.90. The predicted octanol–water partition coefficient (Wildman–Crippen LogP) is 1.86. The fourth-order valence-corrected chi connectivity index (χ4v) is 2.58. The van der Waals surface area contributed by atoms with Crippen LogP contribution in [-0.4, -0.2) is 29.5 Å². The average Bonchev–Trinajstić information content (AvgIpc) is 2.94. The van der Waals surface area contributed by atoms with Crippen molar-refractivity contribution in [3.8, 4) is 0 Å². The lowest BCUT2D eigenvalue weighted by atomic mass is 10.0. The van der Waals surface area contributed by atoms with Gasteiger partial charge in [-0.2, -0.15) is 5.10 Å². The van der Waals surface area contributed by atoms with Gasteiger partial charge >= 0.3 is 0 Å². The van der Waals surface area contributed by atoms with Crippen molar-refractivity contribution < 1.29 is 4.74 Å². The van der Waals surface area contributed by atoms with E-state index >= 15 is 0 Å². The molecule has 4 heteroatoms. The lowest BCUT2D eigenvalue weighted by molar-refractivity contribution is 0.214. The van der Waals surface area contributed by atoms with E-state index in [4.69, 9.17) is 4.74 Å². The lowest BCUT2D eigenvalue weighted by Gasteiger charge is -2.17. The summed E-state index contributed by atoms with van der Waals surface area (Å²) in [6.45, 7) is 5.05. The molecule has 4 nitrogen and oxygen atoms in total. The number of likely N-dealkylation sites (N-methyl/N-ethyl adjacent to an activating group) is 1. The molecule has 0 amide bonds. The summed E-state index contributed by atoms with van der Waals surface area (Å²) in [6.07, 6.45) is 5.33. The first-order chi connectivity index (χ1) is 8.63. The molecule has 1 aliphatic rings. The van der Waals surface area contributed by atoms with Crippen LogP contribution in [0.15, 0.2) is 11.8 Å². The number of nitrogens with one attached hydrogen (secondary N) is 1. The third kappa shape index (κ3) is 2.58. The number of nitrogens with zero attached hydrogens (tertiary/aromatic N) is 2. The Morgan fingerprint density at radius 3 is 2.78 bits per heavy atom. The molecule has 0 bridgehead atoms. The number of rotatable bonds is 5. The van der Waals surface area contributed by atoms with Crippen molar-refractivity contribution in [2.75, 3.05) is 13.7 Å². The van der Waals surface area contributed by atoms with Crippen LogP contribution in [0.2, 0.25) is 0 Å². The Hall–Kier alpha value is -1.29. The van der Waals surface area contributed by atoms with E-state index in [1.165, 1.54) is 11.3 Å².